The lowest BCUT2D eigenvalue weighted by atomic mass is 9.90. The molecule has 0 radical (unpaired) electrons. The van der Waals surface area contributed by atoms with Gasteiger partial charge in [0.2, 0.25) is 5.91 Å². The highest BCUT2D eigenvalue weighted by atomic mass is 16.2. The van der Waals surface area contributed by atoms with E-state index in [0.29, 0.717) is 6.04 Å². The second-order valence-corrected chi connectivity index (χ2v) is 8.90. The highest BCUT2D eigenvalue weighted by Crippen LogP contribution is 2.35. The molecule has 1 amide bonds. The summed E-state index contributed by atoms with van der Waals surface area (Å²) in [5.74, 6) is 0.245. The van der Waals surface area contributed by atoms with Crippen LogP contribution in [0.4, 0.5) is 0 Å². The first-order valence-corrected chi connectivity index (χ1v) is 11.1. The SMILES string of the molecule is CCN1CCN(C2(C(=O)NCCC3CCCN3C)Cc3ccccc3C2)CC1. The standard InChI is InChI=1S/C23H36N4O/c1-3-26-13-15-27(16-14-26)23(17-19-7-4-5-8-20(19)18-23)22(28)24-11-10-21-9-6-12-25(21)2/h4-5,7-8,21H,3,6,9-18H2,1-2H3,(H,24,28). The number of hydrogen-bond acceptors (Lipinski definition) is 4. The Bertz CT molecular complexity index is 658. The molecular formula is C23H36N4O. The van der Waals surface area contributed by atoms with Crippen LogP contribution in [-0.2, 0) is 17.6 Å². The summed E-state index contributed by atoms with van der Waals surface area (Å²) in [4.78, 5) is 21.0. The van der Waals surface area contributed by atoms with Crippen molar-refractivity contribution >= 4 is 5.91 Å². The van der Waals surface area contributed by atoms with E-state index < -0.39 is 5.54 Å². The third-order valence-corrected chi connectivity index (χ3v) is 7.37. The molecule has 1 atom stereocenters. The quantitative estimate of drug-likeness (QED) is 0.811. The molecule has 2 aliphatic heterocycles. The first kappa shape index (κ1) is 19.9. The number of carbonyl (C=O) groups is 1. The molecule has 1 aromatic rings. The van der Waals surface area contributed by atoms with E-state index in [-0.39, 0.29) is 5.91 Å². The van der Waals surface area contributed by atoms with Crippen molar-refractivity contribution < 1.29 is 4.79 Å². The van der Waals surface area contributed by atoms with Crippen LogP contribution < -0.4 is 5.32 Å². The molecule has 1 N–H and O–H groups in total. The summed E-state index contributed by atoms with van der Waals surface area (Å²) in [6, 6.07) is 9.26. The highest BCUT2D eigenvalue weighted by molar-refractivity contribution is 5.88. The van der Waals surface area contributed by atoms with Crippen molar-refractivity contribution in [1.82, 2.24) is 20.0 Å². The lowest BCUT2D eigenvalue weighted by Crippen LogP contribution is -2.64. The molecule has 1 aliphatic carbocycles. The first-order chi connectivity index (χ1) is 13.6. The first-order valence-electron chi connectivity index (χ1n) is 11.1. The van der Waals surface area contributed by atoms with Gasteiger partial charge in [0.05, 0.1) is 0 Å². The highest BCUT2D eigenvalue weighted by Gasteiger charge is 2.48. The Morgan fingerprint density at radius 3 is 2.36 bits per heavy atom. The third-order valence-electron chi connectivity index (χ3n) is 7.37. The minimum Gasteiger partial charge on any atom is -0.354 e. The molecule has 2 fully saturated rings. The Balaban J connectivity index is 1.45. The van der Waals surface area contributed by atoms with Crippen LogP contribution in [0.1, 0.15) is 37.3 Å². The van der Waals surface area contributed by atoms with E-state index >= 15 is 0 Å². The van der Waals surface area contributed by atoms with Gasteiger partial charge in [-0.3, -0.25) is 9.69 Å². The van der Waals surface area contributed by atoms with E-state index in [1.165, 1.54) is 30.5 Å². The molecule has 5 heteroatoms. The summed E-state index contributed by atoms with van der Waals surface area (Å²) in [5.41, 5.74) is 2.31. The van der Waals surface area contributed by atoms with Crippen molar-refractivity contribution in [3.63, 3.8) is 0 Å². The summed E-state index contributed by atoms with van der Waals surface area (Å²) in [5, 5.41) is 3.35. The number of piperazine rings is 1. The third kappa shape index (κ3) is 3.85. The van der Waals surface area contributed by atoms with Gasteiger partial charge in [0.15, 0.2) is 0 Å². The number of nitrogens with one attached hydrogen (secondary N) is 1. The molecule has 0 spiro atoms. The van der Waals surface area contributed by atoms with Crippen LogP contribution in [0.15, 0.2) is 24.3 Å². The second-order valence-electron chi connectivity index (χ2n) is 8.90. The van der Waals surface area contributed by atoms with E-state index in [2.05, 4.69) is 58.3 Å². The van der Waals surface area contributed by atoms with E-state index in [9.17, 15) is 4.79 Å². The summed E-state index contributed by atoms with van der Waals surface area (Å²) < 4.78 is 0. The van der Waals surface area contributed by atoms with Gasteiger partial charge in [-0.05, 0) is 50.5 Å². The fourth-order valence-electron chi connectivity index (χ4n) is 5.48. The van der Waals surface area contributed by atoms with Gasteiger partial charge in [-0.1, -0.05) is 31.2 Å². The van der Waals surface area contributed by atoms with Crippen LogP contribution >= 0.6 is 0 Å². The largest absolute Gasteiger partial charge is 0.354 e. The second kappa shape index (κ2) is 8.52. The van der Waals surface area contributed by atoms with Crippen LogP contribution in [-0.4, -0.2) is 85.0 Å². The van der Waals surface area contributed by atoms with E-state index in [0.717, 1.165) is 58.5 Å². The topological polar surface area (TPSA) is 38.8 Å². The smallest absolute Gasteiger partial charge is 0.241 e. The maximum atomic E-state index is 13.6. The molecule has 5 nitrogen and oxygen atoms in total. The maximum Gasteiger partial charge on any atom is 0.241 e. The van der Waals surface area contributed by atoms with Crippen molar-refractivity contribution in [2.45, 2.75) is 50.6 Å². The minimum absolute atomic E-state index is 0.245. The molecule has 154 valence electrons. The Kier molecular flexibility index (Phi) is 6.04. The Labute approximate surface area is 170 Å². The molecule has 0 aromatic heterocycles. The van der Waals surface area contributed by atoms with Gasteiger partial charge in [0, 0.05) is 51.6 Å². The molecule has 0 bridgehead atoms. The van der Waals surface area contributed by atoms with Crippen LogP contribution in [0.3, 0.4) is 0 Å². The van der Waals surface area contributed by atoms with E-state index in [1.54, 1.807) is 0 Å². The zero-order valence-electron chi connectivity index (χ0n) is 17.6. The molecule has 1 aromatic carbocycles. The number of carbonyl (C=O) groups excluding carboxylic acids is 1. The van der Waals surface area contributed by atoms with Crippen molar-refractivity contribution in [2.24, 2.45) is 0 Å². The molecule has 1 unspecified atom stereocenters. The number of likely N-dealkylation sites (tertiary alicyclic amines) is 1. The number of likely N-dealkylation sites (N-methyl/N-ethyl adjacent to an activating group) is 1. The molecule has 2 saturated heterocycles. The number of rotatable bonds is 6. The lowest BCUT2D eigenvalue weighted by molar-refractivity contribution is -0.134. The fraction of sp³-hybridized carbons (Fsp3) is 0.696. The van der Waals surface area contributed by atoms with E-state index in [1.807, 2.05) is 0 Å². The Morgan fingerprint density at radius 2 is 1.79 bits per heavy atom. The molecular weight excluding hydrogens is 348 g/mol. The van der Waals surface area contributed by atoms with Gasteiger partial charge in [-0.25, -0.2) is 0 Å². The summed E-state index contributed by atoms with van der Waals surface area (Å²) >= 11 is 0. The van der Waals surface area contributed by atoms with Crippen molar-refractivity contribution in [3.8, 4) is 0 Å². The Morgan fingerprint density at radius 1 is 1.11 bits per heavy atom. The van der Waals surface area contributed by atoms with Crippen molar-refractivity contribution in [2.75, 3.05) is 52.9 Å². The number of fused-ring (bicyclic) bond motifs is 1. The predicted molar refractivity (Wildman–Crippen MR) is 114 cm³/mol. The summed E-state index contributed by atoms with van der Waals surface area (Å²) in [7, 11) is 2.21. The molecule has 0 saturated carbocycles. The zero-order valence-corrected chi connectivity index (χ0v) is 17.6. The Hall–Kier alpha value is -1.43. The van der Waals surface area contributed by atoms with Crippen molar-refractivity contribution in [1.29, 1.82) is 0 Å². The molecule has 2 heterocycles. The van der Waals surface area contributed by atoms with Crippen LogP contribution in [0.2, 0.25) is 0 Å². The summed E-state index contributed by atoms with van der Waals surface area (Å²) in [6.45, 7) is 9.41. The minimum atomic E-state index is -0.398. The number of benzene rings is 1. The van der Waals surface area contributed by atoms with Crippen LogP contribution in [0.5, 0.6) is 0 Å². The van der Waals surface area contributed by atoms with Gasteiger partial charge < -0.3 is 15.1 Å². The van der Waals surface area contributed by atoms with Gasteiger partial charge in [-0.2, -0.15) is 0 Å². The molecule has 3 aliphatic rings. The van der Waals surface area contributed by atoms with Gasteiger partial charge in [0.25, 0.3) is 0 Å². The van der Waals surface area contributed by atoms with Crippen LogP contribution in [0.25, 0.3) is 0 Å². The average Bonchev–Trinajstić information content (AvgIpc) is 3.32. The summed E-state index contributed by atoms with van der Waals surface area (Å²) in [6.07, 6.45) is 5.32. The van der Waals surface area contributed by atoms with Gasteiger partial charge >= 0.3 is 0 Å². The average molecular weight is 385 g/mol. The predicted octanol–water partition coefficient (Wildman–Crippen LogP) is 1.76. The molecule has 4 rings (SSSR count). The van der Waals surface area contributed by atoms with Crippen LogP contribution in [0, 0.1) is 0 Å². The fourth-order valence-corrected chi connectivity index (χ4v) is 5.48. The van der Waals surface area contributed by atoms with Gasteiger partial charge in [0.1, 0.15) is 5.54 Å². The number of nitrogens with zero attached hydrogens (tertiary/aromatic N) is 3. The normalized spacial score (nSPS) is 25.7. The van der Waals surface area contributed by atoms with E-state index in [4.69, 9.17) is 0 Å². The lowest BCUT2D eigenvalue weighted by Gasteiger charge is -2.44. The number of amides is 1. The van der Waals surface area contributed by atoms with Crippen molar-refractivity contribution in [3.05, 3.63) is 35.4 Å². The van der Waals surface area contributed by atoms with Gasteiger partial charge in [-0.15, -0.1) is 0 Å². The monoisotopic (exact) mass is 384 g/mol. The zero-order chi connectivity index (χ0) is 19.6. The maximum absolute atomic E-state index is 13.6. The number of hydrogen-bond donors (Lipinski definition) is 1. The molecule has 28 heavy (non-hydrogen) atoms.